The fourth-order valence-electron chi connectivity index (χ4n) is 3.60. The Morgan fingerprint density at radius 3 is 2.69 bits per heavy atom. The zero-order valence-corrected chi connectivity index (χ0v) is 18.5. The van der Waals surface area contributed by atoms with E-state index in [2.05, 4.69) is 4.98 Å². The summed E-state index contributed by atoms with van der Waals surface area (Å²) in [6.45, 7) is 6.07. The molecule has 9 nitrogen and oxygen atoms in total. The molecule has 32 heavy (non-hydrogen) atoms. The number of anilines is 2. The van der Waals surface area contributed by atoms with Crippen LogP contribution in [-0.4, -0.2) is 35.7 Å². The molecular formula is C22H27FN4O5. The topological polar surface area (TPSA) is 124 Å². The van der Waals surface area contributed by atoms with Gasteiger partial charge in [-0.25, -0.2) is 9.18 Å². The van der Waals surface area contributed by atoms with E-state index in [4.69, 9.17) is 14.9 Å². The van der Waals surface area contributed by atoms with Crippen molar-refractivity contribution >= 4 is 28.4 Å². The predicted octanol–water partition coefficient (Wildman–Crippen LogP) is 2.65. The van der Waals surface area contributed by atoms with E-state index in [0.29, 0.717) is 24.0 Å². The molecule has 0 aliphatic rings. The van der Waals surface area contributed by atoms with Gasteiger partial charge in [0.25, 0.3) is 11.5 Å². The average Bonchev–Trinajstić information content (AvgIpc) is 3.07. The Hall–Kier alpha value is -3.40. The number of hydrogen-bond donors (Lipinski definition) is 2. The Morgan fingerprint density at radius 2 is 2.06 bits per heavy atom. The lowest BCUT2D eigenvalue weighted by Gasteiger charge is -2.24. The van der Waals surface area contributed by atoms with Crippen LogP contribution in [0.15, 0.2) is 32.2 Å². The molecule has 0 unspecified atom stereocenters. The van der Waals surface area contributed by atoms with Gasteiger partial charge in [-0.05, 0) is 25.3 Å². The first-order valence-electron chi connectivity index (χ1n) is 10.3. The van der Waals surface area contributed by atoms with E-state index in [9.17, 15) is 18.8 Å². The number of furan rings is 1. The number of fused-ring (bicyclic) bond motifs is 1. The largest absolute Gasteiger partial charge is 0.448 e. The Bertz CT molecular complexity index is 1260. The van der Waals surface area contributed by atoms with Crippen molar-refractivity contribution in [3.05, 3.63) is 56.2 Å². The van der Waals surface area contributed by atoms with E-state index in [1.807, 2.05) is 13.8 Å². The number of para-hydroxylation sites is 1. The second-order valence-electron chi connectivity index (χ2n) is 7.97. The summed E-state index contributed by atoms with van der Waals surface area (Å²) in [5.74, 6) is -1.44. The number of hydrogen-bond acceptors (Lipinski definition) is 6. The van der Waals surface area contributed by atoms with Crippen LogP contribution in [0.2, 0.25) is 0 Å². The summed E-state index contributed by atoms with van der Waals surface area (Å²) in [5.41, 5.74) is 5.00. The average molecular weight is 446 g/mol. The van der Waals surface area contributed by atoms with Gasteiger partial charge in [0.05, 0.1) is 0 Å². The van der Waals surface area contributed by atoms with Crippen molar-refractivity contribution < 1.29 is 18.3 Å². The molecule has 172 valence electrons. The third-order valence-electron chi connectivity index (χ3n) is 5.12. The van der Waals surface area contributed by atoms with Crippen LogP contribution in [0.1, 0.15) is 36.4 Å². The van der Waals surface area contributed by atoms with Crippen molar-refractivity contribution in [2.45, 2.75) is 33.7 Å². The number of nitrogens with two attached hydrogens (primary N) is 1. The maximum absolute atomic E-state index is 14.2. The monoisotopic (exact) mass is 446 g/mol. The molecule has 0 aliphatic heterocycles. The number of aryl methyl sites for hydroxylation is 1. The van der Waals surface area contributed by atoms with Gasteiger partial charge in [0, 0.05) is 37.8 Å². The number of rotatable bonds is 8. The van der Waals surface area contributed by atoms with E-state index >= 15 is 0 Å². The number of nitrogens with one attached hydrogen (secondary N) is 1. The summed E-state index contributed by atoms with van der Waals surface area (Å²) in [6, 6.07) is 4.41. The van der Waals surface area contributed by atoms with E-state index in [-0.39, 0.29) is 41.9 Å². The first kappa shape index (κ1) is 23.3. The number of H-pyrrole nitrogens is 1. The normalized spacial score (nSPS) is 11.4. The summed E-state index contributed by atoms with van der Waals surface area (Å²) in [7, 11) is 1.52. The second-order valence-corrected chi connectivity index (χ2v) is 7.97. The van der Waals surface area contributed by atoms with Gasteiger partial charge in [0.2, 0.25) is 0 Å². The molecular weight excluding hydrogens is 419 g/mol. The minimum Gasteiger partial charge on any atom is -0.448 e. The van der Waals surface area contributed by atoms with Crippen molar-refractivity contribution in [2.24, 2.45) is 5.92 Å². The number of aromatic amines is 1. The van der Waals surface area contributed by atoms with E-state index < -0.39 is 23.0 Å². The van der Waals surface area contributed by atoms with Crippen molar-refractivity contribution in [1.29, 1.82) is 0 Å². The summed E-state index contributed by atoms with van der Waals surface area (Å²) in [5, 5.41) is 0.455. The zero-order valence-electron chi connectivity index (χ0n) is 18.5. The third kappa shape index (κ3) is 4.31. The van der Waals surface area contributed by atoms with Crippen LogP contribution in [-0.2, 0) is 11.3 Å². The molecule has 3 aromatic rings. The molecule has 2 heterocycles. The first-order valence-corrected chi connectivity index (χ1v) is 10.3. The van der Waals surface area contributed by atoms with Gasteiger partial charge in [0.15, 0.2) is 22.8 Å². The highest BCUT2D eigenvalue weighted by molar-refractivity contribution is 6.09. The van der Waals surface area contributed by atoms with Gasteiger partial charge >= 0.3 is 5.69 Å². The van der Waals surface area contributed by atoms with Gasteiger partial charge < -0.3 is 14.9 Å². The van der Waals surface area contributed by atoms with Gasteiger partial charge in [-0.15, -0.1) is 0 Å². The van der Waals surface area contributed by atoms with Gasteiger partial charge in [-0.3, -0.25) is 24.0 Å². The number of carbonyl (C=O) groups excluding carboxylic acids is 1. The van der Waals surface area contributed by atoms with E-state index in [0.717, 1.165) is 4.90 Å². The maximum Gasteiger partial charge on any atom is 0.330 e. The smallest absolute Gasteiger partial charge is 0.330 e. The third-order valence-corrected chi connectivity index (χ3v) is 5.12. The molecule has 3 N–H and O–H groups in total. The van der Waals surface area contributed by atoms with Crippen molar-refractivity contribution in [3.63, 3.8) is 0 Å². The van der Waals surface area contributed by atoms with E-state index in [1.165, 1.54) is 23.8 Å². The number of aromatic nitrogens is 2. The van der Waals surface area contributed by atoms with E-state index in [1.54, 1.807) is 13.0 Å². The number of carbonyl (C=O) groups is 1. The van der Waals surface area contributed by atoms with Crippen LogP contribution < -0.4 is 21.9 Å². The van der Waals surface area contributed by atoms with Crippen LogP contribution in [0.4, 0.5) is 15.9 Å². The Kier molecular flexibility index (Phi) is 6.83. The minimum atomic E-state index is -0.793. The molecule has 0 saturated carbocycles. The molecule has 2 aromatic heterocycles. The molecule has 10 heteroatoms. The van der Waals surface area contributed by atoms with Crippen LogP contribution in [0.3, 0.4) is 0 Å². The Morgan fingerprint density at radius 1 is 1.34 bits per heavy atom. The number of nitrogens with zero attached hydrogens (tertiary/aromatic N) is 2. The van der Waals surface area contributed by atoms with Crippen LogP contribution in [0.25, 0.3) is 11.0 Å². The number of amides is 1. The quantitative estimate of drug-likeness (QED) is 0.513. The van der Waals surface area contributed by atoms with Crippen molar-refractivity contribution in [3.8, 4) is 0 Å². The van der Waals surface area contributed by atoms with Crippen LogP contribution in [0, 0.1) is 18.7 Å². The number of nitrogen functional groups attached to an aromatic ring is 1. The summed E-state index contributed by atoms with van der Waals surface area (Å²) < 4.78 is 26.1. The Labute approximate surface area is 183 Å². The zero-order chi connectivity index (χ0) is 23.6. The highest BCUT2D eigenvalue weighted by Gasteiger charge is 2.29. The molecule has 1 amide bonds. The molecule has 0 atom stereocenters. The van der Waals surface area contributed by atoms with Crippen molar-refractivity contribution in [2.75, 3.05) is 30.9 Å². The number of methoxy groups -OCH3 is 1. The fraction of sp³-hybridized carbons (Fsp3) is 0.409. The maximum atomic E-state index is 14.2. The molecule has 0 radical (unpaired) electrons. The SMILES string of the molecule is COCCCN(C(=O)c1oc2c(F)cccc2c1C)c1c(N)n(CC(C)C)c(=O)[nH]c1=O. The first-order chi connectivity index (χ1) is 15.2. The summed E-state index contributed by atoms with van der Waals surface area (Å²) >= 11 is 0. The number of ether oxygens (including phenoxy) is 1. The lowest BCUT2D eigenvalue weighted by atomic mass is 10.1. The standard InChI is InChI=1S/C22H27FN4O5/c1-12(2)11-27-19(24)16(20(28)25-22(27)30)26(9-6-10-31-4)21(29)17-13(3)14-7-5-8-15(23)18(14)32-17/h5,7-8,12H,6,9-11,24H2,1-4H3,(H,25,28,30). The number of halogens is 1. The highest BCUT2D eigenvalue weighted by atomic mass is 19.1. The van der Waals surface area contributed by atoms with Crippen LogP contribution >= 0.6 is 0 Å². The highest BCUT2D eigenvalue weighted by Crippen LogP contribution is 2.30. The summed E-state index contributed by atoms with van der Waals surface area (Å²) in [4.78, 5) is 42.0. The molecule has 0 bridgehead atoms. The lowest BCUT2D eigenvalue weighted by molar-refractivity contribution is 0.0957. The lowest BCUT2D eigenvalue weighted by Crippen LogP contribution is -2.42. The van der Waals surface area contributed by atoms with Gasteiger partial charge in [0.1, 0.15) is 5.82 Å². The fourth-order valence-corrected chi connectivity index (χ4v) is 3.60. The summed E-state index contributed by atoms with van der Waals surface area (Å²) in [6.07, 6.45) is 0.387. The van der Waals surface area contributed by atoms with Gasteiger partial charge in [-0.1, -0.05) is 26.0 Å². The predicted molar refractivity (Wildman–Crippen MR) is 120 cm³/mol. The van der Waals surface area contributed by atoms with Gasteiger partial charge in [-0.2, -0.15) is 0 Å². The van der Waals surface area contributed by atoms with Crippen molar-refractivity contribution in [1.82, 2.24) is 9.55 Å². The second kappa shape index (κ2) is 9.39. The van der Waals surface area contributed by atoms with Crippen LogP contribution in [0.5, 0.6) is 0 Å². The molecule has 0 aliphatic carbocycles. The molecule has 0 spiro atoms. The molecule has 0 saturated heterocycles. The number of benzene rings is 1. The minimum absolute atomic E-state index is 0.0446. The molecule has 1 aromatic carbocycles. The molecule has 0 fully saturated rings. The Balaban J connectivity index is 2.17. The molecule has 3 rings (SSSR count).